The van der Waals surface area contributed by atoms with Gasteiger partial charge >= 0.3 is 18.9 Å². The summed E-state index contributed by atoms with van der Waals surface area (Å²) in [6.45, 7) is 2.27. The molecule has 0 aliphatic carbocycles. The first-order valence-electron chi connectivity index (χ1n) is 8.41. The van der Waals surface area contributed by atoms with Crippen LogP contribution in [0.25, 0.3) is 0 Å². The predicted molar refractivity (Wildman–Crippen MR) is 85.1 cm³/mol. The number of hydrogen-bond acceptors (Lipinski definition) is 1. The van der Waals surface area contributed by atoms with E-state index in [-0.39, 0.29) is 18.9 Å². The van der Waals surface area contributed by atoms with Crippen molar-refractivity contribution in [2.24, 2.45) is 0 Å². The minimum Gasteiger partial charge on any atom is -0.542 e. The molecule has 0 saturated carbocycles. The molecule has 0 atom stereocenters. The number of allylic oxidation sites excluding steroid dienone is 2. The Morgan fingerprint density at radius 2 is 1.15 bits per heavy atom. The molecule has 0 unspecified atom stereocenters. The van der Waals surface area contributed by atoms with E-state index in [4.69, 9.17) is 0 Å². The molecule has 0 aliphatic heterocycles. The smallest absolute Gasteiger partial charge is 0.542 e. The molecule has 0 rings (SSSR count). The standard InChI is InChI=1S/C18H33O.Li/c1-2-3-4-5-6-7-8-9-10-11-12-13-14-15-16-17-18-19;/h9-10H,2-8,11-17H2,1H3;/q-1;+1. The number of hydrogen-bond donors (Lipinski definition) is 0. The number of unbranched alkanes of at least 4 members (excludes halogenated alkanes) is 12. The molecule has 0 aromatic carbocycles. The van der Waals surface area contributed by atoms with Crippen LogP contribution >= 0.6 is 0 Å². The van der Waals surface area contributed by atoms with Gasteiger partial charge in [0.15, 0.2) is 0 Å². The Labute approximate surface area is 139 Å². The van der Waals surface area contributed by atoms with Crippen molar-refractivity contribution in [1.82, 2.24) is 0 Å². The first kappa shape index (κ1) is 22.3. The van der Waals surface area contributed by atoms with Crippen LogP contribution in [0.5, 0.6) is 0 Å². The van der Waals surface area contributed by atoms with Crippen molar-refractivity contribution in [2.45, 2.75) is 96.8 Å². The Hall–Kier alpha value is 0.00740. The van der Waals surface area contributed by atoms with Crippen LogP contribution in [0.4, 0.5) is 0 Å². The van der Waals surface area contributed by atoms with E-state index in [1.807, 2.05) is 6.29 Å². The van der Waals surface area contributed by atoms with Crippen LogP contribution in [0.1, 0.15) is 96.8 Å². The molecular formula is C18H33LiO. The van der Waals surface area contributed by atoms with E-state index in [2.05, 4.69) is 19.1 Å². The summed E-state index contributed by atoms with van der Waals surface area (Å²) in [6.07, 6.45) is 24.2. The van der Waals surface area contributed by atoms with Gasteiger partial charge in [0.1, 0.15) is 0 Å². The van der Waals surface area contributed by atoms with E-state index < -0.39 is 0 Å². The summed E-state index contributed by atoms with van der Waals surface area (Å²) in [6, 6.07) is 0. The van der Waals surface area contributed by atoms with Crippen molar-refractivity contribution in [3.63, 3.8) is 0 Å². The zero-order chi connectivity index (χ0) is 14.0. The van der Waals surface area contributed by atoms with Crippen LogP contribution in [-0.2, 0) is 4.79 Å². The number of rotatable bonds is 15. The van der Waals surface area contributed by atoms with Gasteiger partial charge in [0.2, 0.25) is 0 Å². The van der Waals surface area contributed by atoms with Crippen LogP contribution in [-0.4, -0.2) is 6.29 Å². The molecule has 0 spiro atoms. The Balaban J connectivity index is 0. The zero-order valence-corrected chi connectivity index (χ0v) is 14.0. The fraction of sp³-hybridized carbons (Fsp3) is 0.833. The van der Waals surface area contributed by atoms with Gasteiger partial charge in [-0.15, -0.1) is 0 Å². The average molecular weight is 272 g/mol. The second-order valence-corrected chi connectivity index (χ2v) is 5.48. The second-order valence-electron chi connectivity index (χ2n) is 5.48. The molecule has 2 heteroatoms. The maximum atomic E-state index is 10.0. The van der Waals surface area contributed by atoms with E-state index in [1.165, 1.54) is 77.0 Å². The fourth-order valence-electron chi connectivity index (χ4n) is 2.27. The summed E-state index contributed by atoms with van der Waals surface area (Å²) >= 11 is 0. The van der Waals surface area contributed by atoms with Crippen LogP contribution in [0.2, 0.25) is 0 Å². The maximum Gasteiger partial charge on any atom is 1.00 e. The molecule has 0 aromatic rings. The molecule has 0 aromatic heterocycles. The van der Waals surface area contributed by atoms with Crippen molar-refractivity contribution >= 4 is 6.29 Å². The third-order valence-electron chi connectivity index (χ3n) is 3.54. The predicted octanol–water partition coefficient (Wildman–Crippen LogP) is 3.14. The largest absolute Gasteiger partial charge is 1.00 e. The summed E-state index contributed by atoms with van der Waals surface area (Å²) in [7, 11) is 0. The third-order valence-corrected chi connectivity index (χ3v) is 3.54. The monoisotopic (exact) mass is 272 g/mol. The van der Waals surface area contributed by atoms with Crippen molar-refractivity contribution in [2.75, 3.05) is 0 Å². The van der Waals surface area contributed by atoms with Gasteiger partial charge in [0, 0.05) is 0 Å². The Bertz CT molecular complexity index is 202. The first-order valence-corrected chi connectivity index (χ1v) is 8.41. The minimum atomic E-state index is 0. The molecule has 0 radical (unpaired) electrons. The summed E-state index contributed by atoms with van der Waals surface area (Å²) < 4.78 is 0. The topological polar surface area (TPSA) is 17.1 Å². The van der Waals surface area contributed by atoms with E-state index in [0.717, 1.165) is 6.42 Å². The van der Waals surface area contributed by atoms with Gasteiger partial charge in [0.05, 0.1) is 0 Å². The Morgan fingerprint density at radius 1 is 0.700 bits per heavy atom. The van der Waals surface area contributed by atoms with E-state index in [9.17, 15) is 4.79 Å². The van der Waals surface area contributed by atoms with Gasteiger partial charge < -0.3 is 4.79 Å². The van der Waals surface area contributed by atoms with Crippen LogP contribution in [0.15, 0.2) is 12.2 Å². The van der Waals surface area contributed by atoms with Crippen molar-refractivity contribution in [1.29, 1.82) is 0 Å². The van der Waals surface area contributed by atoms with Gasteiger partial charge in [0.25, 0.3) is 0 Å². The molecule has 0 heterocycles. The number of carbonyl (C=O) groups excluding carboxylic acids is 1. The maximum absolute atomic E-state index is 10.0. The normalized spacial score (nSPS) is 10.7. The Morgan fingerprint density at radius 3 is 1.65 bits per heavy atom. The molecule has 0 saturated heterocycles. The molecule has 0 bridgehead atoms. The molecule has 0 N–H and O–H groups in total. The van der Waals surface area contributed by atoms with Crippen LogP contribution in [0.3, 0.4) is 0 Å². The van der Waals surface area contributed by atoms with Crippen molar-refractivity contribution in [3.8, 4) is 0 Å². The van der Waals surface area contributed by atoms with Gasteiger partial charge in [-0.2, -0.15) is 6.42 Å². The van der Waals surface area contributed by atoms with Gasteiger partial charge in [-0.25, -0.2) is 0 Å². The molecule has 0 amide bonds. The minimum absolute atomic E-state index is 0. The first-order chi connectivity index (χ1) is 9.41. The summed E-state index contributed by atoms with van der Waals surface area (Å²) in [5.41, 5.74) is 0. The quantitative estimate of drug-likeness (QED) is 0.194. The second kappa shape index (κ2) is 21.3. The van der Waals surface area contributed by atoms with E-state index in [0.29, 0.717) is 6.42 Å². The zero-order valence-electron chi connectivity index (χ0n) is 14.0. The van der Waals surface area contributed by atoms with E-state index >= 15 is 0 Å². The van der Waals surface area contributed by atoms with E-state index in [1.54, 1.807) is 0 Å². The molecule has 112 valence electrons. The molecule has 1 nitrogen and oxygen atoms in total. The van der Waals surface area contributed by atoms with Crippen LogP contribution in [0, 0.1) is 0 Å². The summed E-state index contributed by atoms with van der Waals surface area (Å²) in [4.78, 5) is 10.0. The van der Waals surface area contributed by atoms with Gasteiger partial charge in [-0.3, -0.25) is 6.29 Å². The van der Waals surface area contributed by atoms with Crippen LogP contribution < -0.4 is 18.9 Å². The Kier molecular flexibility index (Phi) is 23.7. The van der Waals surface area contributed by atoms with Gasteiger partial charge in [-0.1, -0.05) is 76.9 Å². The third kappa shape index (κ3) is 20.3. The molecule has 20 heavy (non-hydrogen) atoms. The molecular weight excluding hydrogens is 239 g/mol. The van der Waals surface area contributed by atoms with Crippen molar-refractivity contribution < 1.29 is 23.7 Å². The summed E-state index contributed by atoms with van der Waals surface area (Å²) in [5, 5.41) is 0. The molecule has 0 aliphatic rings. The van der Waals surface area contributed by atoms with Crippen molar-refractivity contribution in [3.05, 3.63) is 12.2 Å². The fourth-order valence-corrected chi connectivity index (χ4v) is 2.27. The summed E-state index contributed by atoms with van der Waals surface area (Å²) in [5.74, 6) is 0. The SMILES string of the molecule is CCCCCCCCC=CCCCCCCC[C-]=O.[Li+]. The van der Waals surface area contributed by atoms with Gasteiger partial charge in [-0.05, 0) is 25.7 Å². The molecule has 0 fully saturated rings. The average Bonchev–Trinajstić information content (AvgIpc) is 2.43.